The summed E-state index contributed by atoms with van der Waals surface area (Å²) in [5.41, 5.74) is 0.515. The number of furan rings is 1. The molecule has 9 nitrogen and oxygen atoms in total. The van der Waals surface area contributed by atoms with Gasteiger partial charge in [-0.2, -0.15) is 0 Å². The number of halogens is 1. The summed E-state index contributed by atoms with van der Waals surface area (Å²) in [6, 6.07) is 9.61. The maximum Gasteiger partial charge on any atom is 0.289 e. The third kappa shape index (κ3) is 4.15. The number of rotatable bonds is 6. The van der Waals surface area contributed by atoms with E-state index in [-0.39, 0.29) is 17.8 Å². The molecule has 0 bridgehead atoms. The Morgan fingerprint density at radius 2 is 2.00 bits per heavy atom. The zero-order valence-corrected chi connectivity index (χ0v) is 17.6. The lowest BCUT2D eigenvalue weighted by Crippen LogP contribution is -2.50. The number of piperazine rings is 1. The molecule has 0 spiro atoms. The molecule has 2 fully saturated rings. The molecule has 0 radical (unpaired) electrons. The molecule has 2 atom stereocenters. The van der Waals surface area contributed by atoms with Crippen molar-refractivity contribution in [2.45, 2.75) is 31.5 Å². The molecule has 168 valence electrons. The largest absolute Gasteiger partial charge is 0.459 e. The van der Waals surface area contributed by atoms with Crippen molar-refractivity contribution in [3.63, 3.8) is 0 Å². The van der Waals surface area contributed by atoms with Gasteiger partial charge in [0.15, 0.2) is 11.6 Å². The Kier molecular flexibility index (Phi) is 5.95. The summed E-state index contributed by atoms with van der Waals surface area (Å²) in [5, 5.41) is 12.4. The number of ether oxygens (including phenoxy) is 1. The molecule has 5 rings (SSSR count). The second-order valence-electron chi connectivity index (χ2n) is 8.08. The van der Waals surface area contributed by atoms with Crippen molar-refractivity contribution >= 4 is 5.91 Å². The van der Waals surface area contributed by atoms with E-state index in [0.29, 0.717) is 49.9 Å². The van der Waals surface area contributed by atoms with Gasteiger partial charge in [-0.1, -0.05) is 18.2 Å². The van der Waals surface area contributed by atoms with Crippen molar-refractivity contribution < 1.29 is 18.3 Å². The summed E-state index contributed by atoms with van der Waals surface area (Å²) >= 11 is 0. The van der Waals surface area contributed by atoms with E-state index >= 15 is 0 Å². The number of carbonyl (C=O) groups is 1. The molecule has 10 heteroatoms. The Bertz CT molecular complexity index is 1040. The van der Waals surface area contributed by atoms with Gasteiger partial charge in [-0.25, -0.2) is 9.07 Å². The highest BCUT2D eigenvalue weighted by atomic mass is 19.1. The molecular weight excluding hydrogens is 415 g/mol. The molecule has 0 aliphatic carbocycles. The van der Waals surface area contributed by atoms with Crippen LogP contribution in [0.1, 0.15) is 40.8 Å². The number of nitrogens with zero attached hydrogens (tertiary/aromatic N) is 6. The fraction of sp³-hybridized carbons (Fsp3) is 0.455. The number of benzene rings is 1. The SMILES string of the molecule is O=C(c1ccco1)N1CCN([C@@H](c2ccccc2F)c2nnnn2C[C@H]2CCCO2)CC1. The van der Waals surface area contributed by atoms with Gasteiger partial charge in [0.05, 0.1) is 18.9 Å². The van der Waals surface area contributed by atoms with Crippen molar-refractivity contribution in [3.05, 3.63) is 65.6 Å². The van der Waals surface area contributed by atoms with Gasteiger partial charge in [0.25, 0.3) is 5.91 Å². The van der Waals surface area contributed by atoms with E-state index in [9.17, 15) is 9.18 Å². The van der Waals surface area contributed by atoms with Crippen molar-refractivity contribution in [2.75, 3.05) is 32.8 Å². The Labute approximate surface area is 184 Å². The molecule has 0 saturated carbocycles. The average Bonchev–Trinajstić information content (AvgIpc) is 3.60. The van der Waals surface area contributed by atoms with Gasteiger partial charge in [-0.05, 0) is 41.5 Å². The lowest BCUT2D eigenvalue weighted by molar-refractivity contribution is 0.0548. The van der Waals surface area contributed by atoms with E-state index in [0.717, 1.165) is 19.4 Å². The third-order valence-electron chi connectivity index (χ3n) is 6.10. The van der Waals surface area contributed by atoms with Crippen LogP contribution in [0.25, 0.3) is 0 Å². The van der Waals surface area contributed by atoms with E-state index in [4.69, 9.17) is 9.15 Å². The molecule has 0 unspecified atom stereocenters. The average molecular weight is 440 g/mol. The summed E-state index contributed by atoms with van der Waals surface area (Å²) in [6.45, 7) is 3.38. The number of hydrogen-bond donors (Lipinski definition) is 0. The van der Waals surface area contributed by atoms with Gasteiger partial charge >= 0.3 is 0 Å². The first-order valence-electron chi connectivity index (χ1n) is 10.9. The highest BCUT2D eigenvalue weighted by molar-refractivity contribution is 5.91. The lowest BCUT2D eigenvalue weighted by atomic mass is 10.0. The first kappa shape index (κ1) is 20.8. The second-order valence-corrected chi connectivity index (χ2v) is 8.08. The molecule has 1 aromatic carbocycles. The van der Waals surface area contributed by atoms with Crippen molar-refractivity contribution in [1.82, 2.24) is 30.0 Å². The molecule has 2 aromatic heterocycles. The summed E-state index contributed by atoms with van der Waals surface area (Å²) in [5.74, 6) is 0.458. The minimum Gasteiger partial charge on any atom is -0.459 e. The van der Waals surface area contributed by atoms with E-state index in [1.807, 2.05) is 6.07 Å². The van der Waals surface area contributed by atoms with E-state index < -0.39 is 6.04 Å². The fourth-order valence-corrected chi connectivity index (χ4v) is 4.45. The van der Waals surface area contributed by atoms with E-state index in [2.05, 4.69) is 20.4 Å². The number of aromatic nitrogens is 4. The smallest absolute Gasteiger partial charge is 0.289 e. The van der Waals surface area contributed by atoms with Crippen molar-refractivity contribution in [2.24, 2.45) is 0 Å². The van der Waals surface area contributed by atoms with Crippen LogP contribution in [-0.4, -0.2) is 74.8 Å². The quantitative estimate of drug-likeness (QED) is 0.580. The standard InChI is InChI=1S/C22H25FN6O3/c23-18-7-2-1-6-17(18)20(21-24-25-26-29(21)15-16-5-3-13-31-16)27-9-11-28(12-10-27)22(30)19-8-4-14-32-19/h1-2,4,6-8,14,16,20H,3,5,9-13,15H2/t16-,20+/m1/s1. The van der Waals surface area contributed by atoms with Gasteiger partial charge < -0.3 is 14.1 Å². The minimum absolute atomic E-state index is 0.0567. The third-order valence-corrected chi connectivity index (χ3v) is 6.10. The van der Waals surface area contributed by atoms with Crippen LogP contribution in [0, 0.1) is 5.82 Å². The second kappa shape index (κ2) is 9.17. The van der Waals surface area contributed by atoms with Gasteiger partial charge in [-0.3, -0.25) is 9.69 Å². The maximum atomic E-state index is 14.9. The van der Waals surface area contributed by atoms with Gasteiger partial charge in [0.2, 0.25) is 0 Å². The number of amides is 1. The summed E-state index contributed by atoms with van der Waals surface area (Å²) < 4.78 is 27.6. The predicted molar refractivity (Wildman–Crippen MR) is 111 cm³/mol. The van der Waals surface area contributed by atoms with Crippen LogP contribution in [0.3, 0.4) is 0 Å². The van der Waals surface area contributed by atoms with Crippen LogP contribution in [0.2, 0.25) is 0 Å². The predicted octanol–water partition coefficient (Wildman–Crippen LogP) is 2.13. The fourth-order valence-electron chi connectivity index (χ4n) is 4.45. The lowest BCUT2D eigenvalue weighted by Gasteiger charge is -2.38. The first-order chi connectivity index (χ1) is 15.7. The van der Waals surface area contributed by atoms with E-state index in [1.54, 1.807) is 33.8 Å². The number of carbonyl (C=O) groups excluding carboxylic acids is 1. The monoisotopic (exact) mass is 440 g/mol. The summed E-state index contributed by atoms with van der Waals surface area (Å²) in [4.78, 5) is 16.5. The molecule has 2 saturated heterocycles. The van der Waals surface area contributed by atoms with Gasteiger partial charge in [0.1, 0.15) is 11.9 Å². The molecular formula is C22H25FN6O3. The van der Waals surface area contributed by atoms with Crippen LogP contribution in [0.15, 0.2) is 47.1 Å². The highest BCUT2D eigenvalue weighted by Gasteiger charge is 2.34. The van der Waals surface area contributed by atoms with Crippen molar-refractivity contribution in [3.8, 4) is 0 Å². The van der Waals surface area contributed by atoms with E-state index in [1.165, 1.54) is 12.3 Å². The van der Waals surface area contributed by atoms with Crippen LogP contribution in [0.4, 0.5) is 4.39 Å². The Balaban J connectivity index is 1.39. The molecule has 0 N–H and O–H groups in total. The van der Waals surface area contributed by atoms with Crippen molar-refractivity contribution in [1.29, 1.82) is 0 Å². The molecule has 32 heavy (non-hydrogen) atoms. The Morgan fingerprint density at radius 3 is 2.72 bits per heavy atom. The first-order valence-corrected chi connectivity index (χ1v) is 10.9. The zero-order chi connectivity index (χ0) is 21.9. The topological polar surface area (TPSA) is 89.5 Å². The van der Waals surface area contributed by atoms with Crippen LogP contribution in [0.5, 0.6) is 0 Å². The molecule has 4 heterocycles. The van der Waals surface area contributed by atoms with Crippen LogP contribution >= 0.6 is 0 Å². The Hall–Kier alpha value is -3.11. The number of tetrazole rings is 1. The summed E-state index contributed by atoms with van der Waals surface area (Å²) in [6.07, 6.45) is 3.52. The molecule has 1 amide bonds. The maximum absolute atomic E-state index is 14.9. The van der Waals surface area contributed by atoms with Gasteiger partial charge in [-0.15, -0.1) is 5.10 Å². The summed E-state index contributed by atoms with van der Waals surface area (Å²) in [7, 11) is 0. The normalized spacial score (nSPS) is 20.5. The Morgan fingerprint density at radius 1 is 1.16 bits per heavy atom. The molecule has 2 aliphatic rings. The zero-order valence-electron chi connectivity index (χ0n) is 17.6. The molecule has 3 aromatic rings. The highest BCUT2D eigenvalue weighted by Crippen LogP contribution is 2.30. The minimum atomic E-state index is -0.464. The van der Waals surface area contributed by atoms with Gasteiger partial charge in [0, 0.05) is 38.3 Å². The molecule has 2 aliphatic heterocycles. The number of hydrogen-bond acceptors (Lipinski definition) is 7. The van der Waals surface area contributed by atoms with Crippen LogP contribution in [-0.2, 0) is 11.3 Å². The van der Waals surface area contributed by atoms with Crippen LogP contribution < -0.4 is 0 Å².